The lowest BCUT2D eigenvalue weighted by Crippen LogP contribution is -2.31. The van der Waals surface area contributed by atoms with E-state index in [1.165, 1.54) is 28.6 Å². The quantitative estimate of drug-likeness (QED) is 0.738. The summed E-state index contributed by atoms with van der Waals surface area (Å²) in [6, 6.07) is 9.10. The second-order valence-corrected chi connectivity index (χ2v) is 8.77. The number of anilines is 1. The van der Waals surface area contributed by atoms with Crippen LogP contribution in [-0.2, 0) is 14.8 Å². The first-order chi connectivity index (χ1) is 13.9. The smallest absolute Gasteiger partial charge is 0.248 e. The standard InChI is InChI=1S/C21H22F2N2O3S/c22-17-8-11-20(19(23)15-17)24-21(26)12-7-16-5-9-18(10-6-16)29(27,28)25-13-3-1-2-4-14-25/h5-12,15H,1-4,13-14H2,(H,24,26)/b12-7+. The molecule has 0 bridgehead atoms. The van der Waals surface area contributed by atoms with E-state index in [1.807, 2.05) is 0 Å². The van der Waals surface area contributed by atoms with Gasteiger partial charge in [-0.3, -0.25) is 4.79 Å². The summed E-state index contributed by atoms with van der Waals surface area (Å²) < 4.78 is 53.5. The molecule has 0 spiro atoms. The highest BCUT2D eigenvalue weighted by Gasteiger charge is 2.24. The largest absolute Gasteiger partial charge is 0.320 e. The SMILES string of the molecule is O=C(/C=C/c1ccc(S(=O)(=O)N2CCCCCC2)cc1)Nc1ccc(F)cc1F. The van der Waals surface area contributed by atoms with E-state index in [1.54, 1.807) is 12.1 Å². The summed E-state index contributed by atoms with van der Waals surface area (Å²) in [6.45, 7) is 1.06. The summed E-state index contributed by atoms with van der Waals surface area (Å²) in [5, 5.41) is 2.32. The van der Waals surface area contributed by atoms with Crippen molar-refractivity contribution in [3.05, 3.63) is 65.7 Å². The lowest BCUT2D eigenvalue weighted by atomic mass is 10.2. The molecule has 3 rings (SSSR count). The zero-order chi connectivity index (χ0) is 20.9. The third kappa shape index (κ3) is 5.48. The Hall–Kier alpha value is -2.58. The Balaban J connectivity index is 1.65. The predicted molar refractivity (Wildman–Crippen MR) is 108 cm³/mol. The number of sulfonamides is 1. The van der Waals surface area contributed by atoms with Crippen LogP contribution in [0, 0.1) is 11.6 Å². The maximum atomic E-state index is 13.6. The molecule has 1 saturated heterocycles. The molecule has 1 aliphatic heterocycles. The van der Waals surface area contributed by atoms with Crippen LogP contribution >= 0.6 is 0 Å². The summed E-state index contributed by atoms with van der Waals surface area (Å²) in [7, 11) is -3.52. The highest BCUT2D eigenvalue weighted by Crippen LogP contribution is 2.21. The molecule has 0 aliphatic carbocycles. The highest BCUT2D eigenvalue weighted by atomic mass is 32.2. The maximum Gasteiger partial charge on any atom is 0.248 e. The number of halogens is 2. The van der Waals surface area contributed by atoms with Gasteiger partial charge >= 0.3 is 0 Å². The van der Waals surface area contributed by atoms with E-state index in [0.29, 0.717) is 24.7 Å². The van der Waals surface area contributed by atoms with Crippen LogP contribution in [0.4, 0.5) is 14.5 Å². The van der Waals surface area contributed by atoms with Crippen molar-refractivity contribution in [2.75, 3.05) is 18.4 Å². The Morgan fingerprint density at radius 3 is 2.24 bits per heavy atom. The van der Waals surface area contributed by atoms with Crippen LogP contribution in [0.15, 0.2) is 53.4 Å². The van der Waals surface area contributed by atoms with Gasteiger partial charge in [-0.15, -0.1) is 0 Å². The second-order valence-electron chi connectivity index (χ2n) is 6.83. The topological polar surface area (TPSA) is 66.5 Å². The molecule has 0 unspecified atom stereocenters. The second kappa shape index (κ2) is 9.28. The van der Waals surface area contributed by atoms with Crippen LogP contribution in [0.2, 0.25) is 0 Å². The van der Waals surface area contributed by atoms with E-state index in [2.05, 4.69) is 5.32 Å². The monoisotopic (exact) mass is 420 g/mol. The van der Waals surface area contributed by atoms with Crippen molar-refractivity contribution < 1.29 is 22.0 Å². The molecule has 0 radical (unpaired) electrons. The van der Waals surface area contributed by atoms with Crippen molar-refractivity contribution in [3.63, 3.8) is 0 Å². The van der Waals surface area contributed by atoms with Crippen LogP contribution in [0.1, 0.15) is 31.2 Å². The Morgan fingerprint density at radius 2 is 1.62 bits per heavy atom. The Bertz CT molecular complexity index is 997. The molecule has 2 aromatic carbocycles. The molecule has 1 fully saturated rings. The van der Waals surface area contributed by atoms with Gasteiger partial charge in [-0.25, -0.2) is 17.2 Å². The third-order valence-electron chi connectivity index (χ3n) is 4.70. The van der Waals surface area contributed by atoms with Gasteiger partial charge in [-0.2, -0.15) is 4.31 Å². The van der Waals surface area contributed by atoms with E-state index < -0.39 is 27.6 Å². The van der Waals surface area contributed by atoms with Gasteiger partial charge in [0.15, 0.2) is 0 Å². The van der Waals surface area contributed by atoms with E-state index in [4.69, 9.17) is 0 Å². The zero-order valence-electron chi connectivity index (χ0n) is 15.8. The number of nitrogens with zero attached hydrogens (tertiary/aromatic N) is 1. The van der Waals surface area contributed by atoms with E-state index in [0.717, 1.165) is 37.8 Å². The number of benzene rings is 2. The first-order valence-corrected chi connectivity index (χ1v) is 10.8. The lowest BCUT2D eigenvalue weighted by molar-refractivity contribution is -0.111. The number of hydrogen-bond acceptors (Lipinski definition) is 3. The number of nitrogens with one attached hydrogen (secondary N) is 1. The van der Waals surface area contributed by atoms with Crippen molar-refractivity contribution in [2.24, 2.45) is 0 Å². The first-order valence-electron chi connectivity index (χ1n) is 9.40. The molecule has 154 valence electrons. The van der Waals surface area contributed by atoms with Gasteiger partial charge in [0.1, 0.15) is 11.6 Å². The molecule has 1 N–H and O–H groups in total. The molecule has 5 nitrogen and oxygen atoms in total. The lowest BCUT2D eigenvalue weighted by Gasteiger charge is -2.19. The number of amides is 1. The number of rotatable bonds is 5. The molecule has 1 aliphatic rings. The molecule has 8 heteroatoms. The van der Waals surface area contributed by atoms with E-state index in [9.17, 15) is 22.0 Å². The van der Waals surface area contributed by atoms with Crippen molar-refractivity contribution >= 4 is 27.7 Å². The van der Waals surface area contributed by atoms with Crippen LogP contribution in [0.3, 0.4) is 0 Å². The van der Waals surface area contributed by atoms with Gasteiger partial charge < -0.3 is 5.32 Å². The minimum absolute atomic E-state index is 0.125. The molecule has 29 heavy (non-hydrogen) atoms. The van der Waals surface area contributed by atoms with E-state index in [-0.39, 0.29) is 10.6 Å². The summed E-state index contributed by atoms with van der Waals surface area (Å²) in [6.07, 6.45) is 6.49. The summed E-state index contributed by atoms with van der Waals surface area (Å²) in [4.78, 5) is 12.1. The molecule has 0 saturated carbocycles. The molecule has 2 aromatic rings. The highest BCUT2D eigenvalue weighted by molar-refractivity contribution is 7.89. The number of hydrogen-bond donors (Lipinski definition) is 1. The van der Waals surface area contributed by atoms with Crippen molar-refractivity contribution in [1.29, 1.82) is 0 Å². The van der Waals surface area contributed by atoms with Crippen LogP contribution < -0.4 is 5.32 Å². The molecular formula is C21H22F2N2O3S. The summed E-state index contributed by atoms with van der Waals surface area (Å²) in [5.41, 5.74) is 0.495. The fourth-order valence-corrected chi connectivity index (χ4v) is 4.64. The number of carbonyl (C=O) groups is 1. The van der Waals surface area contributed by atoms with Crippen molar-refractivity contribution in [2.45, 2.75) is 30.6 Å². The normalized spacial score (nSPS) is 15.9. The maximum absolute atomic E-state index is 13.6. The average molecular weight is 420 g/mol. The minimum Gasteiger partial charge on any atom is -0.320 e. The van der Waals surface area contributed by atoms with Gasteiger partial charge in [-0.1, -0.05) is 25.0 Å². The first kappa shape index (κ1) is 21.1. The fraction of sp³-hybridized carbons (Fsp3) is 0.286. The molecular weight excluding hydrogens is 398 g/mol. The summed E-state index contributed by atoms with van der Waals surface area (Å²) >= 11 is 0. The Labute approximate surface area is 169 Å². The van der Waals surface area contributed by atoms with Crippen LogP contribution in [0.5, 0.6) is 0 Å². The van der Waals surface area contributed by atoms with E-state index >= 15 is 0 Å². The molecule has 1 amide bonds. The van der Waals surface area contributed by atoms with Crippen LogP contribution in [-0.4, -0.2) is 31.7 Å². The van der Waals surface area contributed by atoms with Gasteiger partial charge in [0.25, 0.3) is 0 Å². The predicted octanol–water partition coefficient (Wildman–Crippen LogP) is 4.18. The van der Waals surface area contributed by atoms with Gasteiger partial charge in [0, 0.05) is 25.2 Å². The average Bonchev–Trinajstić information content (AvgIpc) is 2.99. The van der Waals surface area contributed by atoms with Crippen molar-refractivity contribution in [3.8, 4) is 0 Å². The fourth-order valence-electron chi connectivity index (χ4n) is 3.12. The molecule has 0 atom stereocenters. The molecule has 0 aromatic heterocycles. The zero-order valence-corrected chi connectivity index (χ0v) is 16.6. The molecule has 1 heterocycles. The minimum atomic E-state index is -3.52. The van der Waals surface area contributed by atoms with Crippen LogP contribution in [0.25, 0.3) is 6.08 Å². The summed E-state index contributed by atoms with van der Waals surface area (Å²) in [5.74, 6) is -2.18. The van der Waals surface area contributed by atoms with Crippen molar-refractivity contribution in [1.82, 2.24) is 4.31 Å². The van der Waals surface area contributed by atoms with Gasteiger partial charge in [-0.05, 0) is 48.7 Å². The van der Waals surface area contributed by atoms with Gasteiger partial charge in [0.05, 0.1) is 10.6 Å². The third-order valence-corrected chi connectivity index (χ3v) is 6.61. The Morgan fingerprint density at radius 1 is 0.966 bits per heavy atom. The number of carbonyl (C=O) groups excluding carboxylic acids is 1. The van der Waals surface area contributed by atoms with Gasteiger partial charge in [0.2, 0.25) is 15.9 Å². The Kier molecular flexibility index (Phi) is 6.76.